The van der Waals surface area contributed by atoms with Crippen LogP contribution in [-0.2, 0) is 6.54 Å². The van der Waals surface area contributed by atoms with Crippen LogP contribution in [0.4, 0.5) is 5.00 Å². The number of likely N-dealkylation sites (tertiary alicyclic amines) is 1. The summed E-state index contributed by atoms with van der Waals surface area (Å²) in [4.78, 5) is 2.33. The van der Waals surface area contributed by atoms with Gasteiger partial charge in [0.05, 0.1) is 6.10 Å². The van der Waals surface area contributed by atoms with Crippen molar-refractivity contribution in [3.8, 4) is 0 Å². The summed E-state index contributed by atoms with van der Waals surface area (Å²) in [6, 6.07) is 0. The molecule has 2 rings (SSSR count). The minimum absolute atomic E-state index is 0.206. The minimum Gasteiger partial charge on any atom is -0.393 e. The zero-order valence-electron chi connectivity index (χ0n) is 9.68. The van der Waals surface area contributed by atoms with Crippen LogP contribution in [0.3, 0.4) is 0 Å². The zero-order valence-corrected chi connectivity index (χ0v) is 10.5. The molecule has 0 bridgehead atoms. The van der Waals surface area contributed by atoms with Crippen LogP contribution >= 0.6 is 11.5 Å². The molecule has 2 heterocycles. The summed E-state index contributed by atoms with van der Waals surface area (Å²) in [5, 5.41) is 17.8. The molecule has 0 spiro atoms. The standard InChI is InChI=1S/C10H18N4OS/c1-7(15)8-3-4-14(5-8)6-9-10(11-2)16-13-12-9/h7-8,11,15H,3-6H2,1-2H3. The minimum atomic E-state index is -0.206. The number of anilines is 1. The second-order valence-corrected chi connectivity index (χ2v) is 5.08. The third-order valence-corrected chi connectivity index (χ3v) is 3.93. The van der Waals surface area contributed by atoms with Crippen molar-refractivity contribution in [1.82, 2.24) is 14.5 Å². The number of aliphatic hydroxyl groups excluding tert-OH is 1. The van der Waals surface area contributed by atoms with E-state index in [2.05, 4.69) is 19.8 Å². The predicted molar refractivity (Wildman–Crippen MR) is 64.5 cm³/mol. The molecular formula is C10H18N4OS. The van der Waals surface area contributed by atoms with Gasteiger partial charge in [0, 0.05) is 31.7 Å². The molecule has 0 aromatic carbocycles. The molecule has 0 aliphatic carbocycles. The van der Waals surface area contributed by atoms with Crippen molar-refractivity contribution in [3.63, 3.8) is 0 Å². The fraction of sp³-hybridized carbons (Fsp3) is 0.800. The molecule has 16 heavy (non-hydrogen) atoms. The Balaban J connectivity index is 1.92. The summed E-state index contributed by atoms with van der Waals surface area (Å²) in [5.74, 6) is 0.407. The lowest BCUT2D eigenvalue weighted by Crippen LogP contribution is -2.24. The molecule has 90 valence electrons. The molecule has 2 atom stereocenters. The fourth-order valence-electron chi connectivity index (χ4n) is 2.11. The van der Waals surface area contributed by atoms with Crippen LogP contribution in [0.2, 0.25) is 0 Å². The average molecular weight is 242 g/mol. The highest BCUT2D eigenvalue weighted by Gasteiger charge is 2.26. The summed E-state index contributed by atoms with van der Waals surface area (Å²) in [5.41, 5.74) is 1.01. The maximum Gasteiger partial charge on any atom is 0.134 e. The zero-order chi connectivity index (χ0) is 11.5. The summed E-state index contributed by atoms with van der Waals surface area (Å²) >= 11 is 1.39. The second kappa shape index (κ2) is 5.07. The van der Waals surface area contributed by atoms with Gasteiger partial charge in [0.2, 0.25) is 0 Å². The molecular weight excluding hydrogens is 224 g/mol. The molecule has 0 saturated carbocycles. The first-order valence-electron chi connectivity index (χ1n) is 5.60. The van der Waals surface area contributed by atoms with E-state index in [4.69, 9.17) is 0 Å². The highest BCUT2D eigenvalue weighted by Crippen LogP contribution is 2.24. The number of aliphatic hydroxyl groups is 1. The lowest BCUT2D eigenvalue weighted by atomic mass is 10.0. The Labute approximate surface area is 99.6 Å². The quantitative estimate of drug-likeness (QED) is 0.817. The van der Waals surface area contributed by atoms with Crippen LogP contribution in [-0.4, -0.2) is 45.8 Å². The number of aromatic nitrogens is 2. The highest BCUT2D eigenvalue weighted by atomic mass is 32.1. The summed E-state index contributed by atoms with van der Waals surface area (Å²) < 4.78 is 3.94. The van der Waals surface area contributed by atoms with E-state index >= 15 is 0 Å². The largest absolute Gasteiger partial charge is 0.393 e. The van der Waals surface area contributed by atoms with E-state index in [0.717, 1.165) is 36.8 Å². The Morgan fingerprint density at radius 3 is 3.12 bits per heavy atom. The highest BCUT2D eigenvalue weighted by molar-refractivity contribution is 7.10. The van der Waals surface area contributed by atoms with Gasteiger partial charge in [-0.15, -0.1) is 5.10 Å². The average Bonchev–Trinajstić information content (AvgIpc) is 2.87. The summed E-state index contributed by atoms with van der Waals surface area (Å²) in [6.07, 6.45) is 0.867. The number of nitrogens with one attached hydrogen (secondary N) is 1. The van der Waals surface area contributed by atoms with Gasteiger partial charge in [-0.2, -0.15) is 0 Å². The van der Waals surface area contributed by atoms with E-state index in [-0.39, 0.29) is 6.10 Å². The number of hydrogen-bond donors (Lipinski definition) is 2. The maximum atomic E-state index is 9.53. The second-order valence-electron chi connectivity index (χ2n) is 4.32. The van der Waals surface area contributed by atoms with Gasteiger partial charge in [-0.25, -0.2) is 0 Å². The Kier molecular flexibility index (Phi) is 3.73. The number of rotatable bonds is 4. The van der Waals surface area contributed by atoms with Gasteiger partial charge < -0.3 is 10.4 Å². The van der Waals surface area contributed by atoms with Crippen molar-refractivity contribution in [2.24, 2.45) is 5.92 Å². The topological polar surface area (TPSA) is 61.3 Å². The van der Waals surface area contributed by atoms with Crippen LogP contribution in [0.5, 0.6) is 0 Å². The summed E-state index contributed by atoms with van der Waals surface area (Å²) in [7, 11) is 1.89. The fourth-order valence-corrected chi connectivity index (χ4v) is 2.64. The van der Waals surface area contributed by atoms with Gasteiger partial charge in [0.15, 0.2) is 0 Å². The van der Waals surface area contributed by atoms with Crippen LogP contribution in [0, 0.1) is 5.92 Å². The first kappa shape index (κ1) is 11.8. The van der Waals surface area contributed by atoms with Crippen LogP contribution in [0.15, 0.2) is 0 Å². The Morgan fingerprint density at radius 1 is 1.69 bits per heavy atom. The molecule has 2 N–H and O–H groups in total. The smallest absolute Gasteiger partial charge is 0.134 e. The molecule has 1 aliphatic rings. The molecule has 0 radical (unpaired) electrons. The first-order valence-corrected chi connectivity index (χ1v) is 6.37. The Bertz CT molecular complexity index is 341. The molecule has 1 aromatic heterocycles. The normalized spacial score (nSPS) is 23.6. The van der Waals surface area contributed by atoms with Crippen LogP contribution < -0.4 is 5.32 Å². The maximum absolute atomic E-state index is 9.53. The van der Waals surface area contributed by atoms with Crippen molar-refractivity contribution in [2.45, 2.75) is 26.0 Å². The lowest BCUT2D eigenvalue weighted by Gasteiger charge is -2.16. The third-order valence-electron chi connectivity index (χ3n) is 3.15. The molecule has 6 heteroatoms. The molecule has 1 aromatic rings. The molecule has 2 unspecified atom stereocenters. The van der Waals surface area contributed by atoms with E-state index in [1.807, 2.05) is 14.0 Å². The Morgan fingerprint density at radius 2 is 2.50 bits per heavy atom. The molecule has 5 nitrogen and oxygen atoms in total. The van der Waals surface area contributed by atoms with E-state index in [1.54, 1.807) is 0 Å². The molecule has 1 fully saturated rings. The van der Waals surface area contributed by atoms with Gasteiger partial charge in [0.1, 0.15) is 10.7 Å². The van der Waals surface area contributed by atoms with Gasteiger partial charge in [-0.05, 0) is 25.8 Å². The number of nitrogens with zero attached hydrogens (tertiary/aromatic N) is 3. The van der Waals surface area contributed by atoms with E-state index in [0.29, 0.717) is 5.92 Å². The van der Waals surface area contributed by atoms with Crippen molar-refractivity contribution in [3.05, 3.63) is 5.69 Å². The lowest BCUT2D eigenvalue weighted by molar-refractivity contribution is 0.127. The van der Waals surface area contributed by atoms with E-state index in [1.165, 1.54) is 11.5 Å². The van der Waals surface area contributed by atoms with Crippen molar-refractivity contribution >= 4 is 16.5 Å². The number of hydrogen-bond acceptors (Lipinski definition) is 6. The van der Waals surface area contributed by atoms with Crippen LogP contribution in [0.1, 0.15) is 19.0 Å². The summed E-state index contributed by atoms with van der Waals surface area (Å²) in [6.45, 7) is 4.70. The molecule has 0 amide bonds. The first-order chi connectivity index (χ1) is 7.70. The van der Waals surface area contributed by atoms with Crippen molar-refractivity contribution in [1.29, 1.82) is 0 Å². The van der Waals surface area contributed by atoms with E-state index < -0.39 is 0 Å². The third kappa shape index (κ3) is 2.50. The predicted octanol–water partition coefficient (Wildman–Crippen LogP) is 0.782. The van der Waals surface area contributed by atoms with E-state index in [9.17, 15) is 5.11 Å². The van der Waals surface area contributed by atoms with Gasteiger partial charge in [-0.3, -0.25) is 4.90 Å². The van der Waals surface area contributed by atoms with Crippen LogP contribution in [0.25, 0.3) is 0 Å². The van der Waals surface area contributed by atoms with Gasteiger partial charge >= 0.3 is 0 Å². The van der Waals surface area contributed by atoms with Crippen molar-refractivity contribution < 1.29 is 5.11 Å². The monoisotopic (exact) mass is 242 g/mol. The SMILES string of the molecule is CNc1snnc1CN1CCC(C(C)O)C1. The van der Waals surface area contributed by atoms with Gasteiger partial charge in [0.25, 0.3) is 0 Å². The van der Waals surface area contributed by atoms with Crippen molar-refractivity contribution in [2.75, 3.05) is 25.5 Å². The van der Waals surface area contributed by atoms with Gasteiger partial charge in [-0.1, -0.05) is 4.49 Å². The molecule has 1 aliphatic heterocycles. The Hall–Kier alpha value is -0.720. The molecule has 1 saturated heterocycles.